The first-order valence-electron chi connectivity index (χ1n) is 5.23. The Morgan fingerprint density at radius 1 is 1.27 bits per heavy atom. The second kappa shape index (κ2) is 3.86. The first-order chi connectivity index (χ1) is 7.12. The minimum absolute atomic E-state index is 0.0534. The Labute approximate surface area is 96.3 Å². The van der Waals surface area contributed by atoms with Gasteiger partial charge < -0.3 is 0 Å². The fourth-order valence-corrected chi connectivity index (χ4v) is 2.30. The number of rotatable bonds is 1. The number of hydrogen-bond acceptors (Lipinski definition) is 0. The molecule has 1 aromatic carbocycles. The van der Waals surface area contributed by atoms with Crippen molar-refractivity contribution in [1.29, 1.82) is 0 Å². The molecular weight excluding hydrogens is 204 g/mol. The minimum atomic E-state index is 0.0534. The van der Waals surface area contributed by atoms with Gasteiger partial charge >= 0.3 is 0 Å². The van der Waals surface area contributed by atoms with E-state index in [0.717, 1.165) is 11.4 Å². The second-order valence-electron chi connectivity index (χ2n) is 4.38. The van der Waals surface area contributed by atoms with Crippen LogP contribution in [0.3, 0.4) is 0 Å². The Kier molecular flexibility index (Phi) is 2.70. The van der Waals surface area contributed by atoms with E-state index in [4.69, 9.17) is 11.6 Å². The highest BCUT2D eigenvalue weighted by Gasteiger charge is 2.26. The summed E-state index contributed by atoms with van der Waals surface area (Å²) in [6.07, 6.45) is 7.72. The Balaban J connectivity index is 2.40. The van der Waals surface area contributed by atoms with Gasteiger partial charge in [0.05, 0.1) is 0 Å². The van der Waals surface area contributed by atoms with E-state index in [1.807, 2.05) is 18.2 Å². The summed E-state index contributed by atoms with van der Waals surface area (Å²) in [5.74, 6) is 0. The molecule has 0 spiro atoms. The van der Waals surface area contributed by atoms with Gasteiger partial charge in [-0.15, -0.1) is 0 Å². The second-order valence-corrected chi connectivity index (χ2v) is 4.79. The zero-order valence-corrected chi connectivity index (χ0v) is 9.88. The molecule has 0 radical (unpaired) electrons. The fraction of sp³-hybridized carbons (Fsp3) is 0.286. The van der Waals surface area contributed by atoms with Crippen molar-refractivity contribution in [2.75, 3.05) is 0 Å². The summed E-state index contributed by atoms with van der Waals surface area (Å²) in [5.41, 5.74) is 2.60. The van der Waals surface area contributed by atoms with Crippen LogP contribution in [0.1, 0.15) is 25.8 Å². The summed E-state index contributed by atoms with van der Waals surface area (Å²) in [7, 11) is 0. The van der Waals surface area contributed by atoms with Crippen LogP contribution in [-0.2, 0) is 5.41 Å². The molecule has 0 bridgehead atoms. The summed E-state index contributed by atoms with van der Waals surface area (Å²) < 4.78 is 0. The van der Waals surface area contributed by atoms with E-state index in [1.54, 1.807) is 0 Å². The Bertz CT molecular complexity index is 429. The first kappa shape index (κ1) is 10.5. The number of hydrogen-bond donors (Lipinski definition) is 0. The van der Waals surface area contributed by atoms with Crippen molar-refractivity contribution < 1.29 is 0 Å². The molecule has 0 saturated carbocycles. The molecule has 1 unspecified atom stereocenters. The van der Waals surface area contributed by atoms with Gasteiger partial charge in [0, 0.05) is 10.4 Å². The van der Waals surface area contributed by atoms with Gasteiger partial charge in [-0.25, -0.2) is 0 Å². The van der Waals surface area contributed by atoms with Crippen LogP contribution in [0, 0.1) is 0 Å². The largest absolute Gasteiger partial charge is 0.0840 e. The van der Waals surface area contributed by atoms with Gasteiger partial charge in [0.15, 0.2) is 0 Å². The normalized spacial score (nSPS) is 25.1. The molecule has 0 aliphatic heterocycles. The highest BCUT2D eigenvalue weighted by Crippen LogP contribution is 2.37. The molecule has 0 amide bonds. The van der Waals surface area contributed by atoms with Crippen LogP contribution < -0.4 is 0 Å². The van der Waals surface area contributed by atoms with E-state index in [2.05, 4.69) is 38.1 Å². The third kappa shape index (κ3) is 2.00. The van der Waals surface area contributed by atoms with E-state index in [9.17, 15) is 0 Å². The lowest BCUT2D eigenvalue weighted by Crippen LogP contribution is -2.20. The predicted octanol–water partition coefficient (Wildman–Crippen LogP) is 4.50. The monoisotopic (exact) mass is 218 g/mol. The van der Waals surface area contributed by atoms with Crippen LogP contribution in [0.15, 0.2) is 48.1 Å². The van der Waals surface area contributed by atoms with Crippen LogP contribution in [0.25, 0.3) is 0 Å². The molecule has 0 N–H and O–H groups in total. The average molecular weight is 219 g/mol. The fourth-order valence-electron chi connectivity index (χ4n) is 1.95. The van der Waals surface area contributed by atoms with Gasteiger partial charge in [-0.1, -0.05) is 60.5 Å². The maximum atomic E-state index is 6.23. The van der Waals surface area contributed by atoms with Gasteiger partial charge in [-0.3, -0.25) is 0 Å². The Morgan fingerprint density at radius 2 is 2.00 bits per heavy atom. The van der Waals surface area contributed by atoms with Crippen LogP contribution in [0.2, 0.25) is 5.02 Å². The van der Waals surface area contributed by atoms with E-state index in [0.29, 0.717) is 0 Å². The molecule has 0 heterocycles. The molecule has 1 atom stereocenters. The first-order valence-corrected chi connectivity index (χ1v) is 5.61. The molecule has 78 valence electrons. The lowest BCUT2D eigenvalue weighted by Gasteiger charge is -2.29. The van der Waals surface area contributed by atoms with Gasteiger partial charge in [0.1, 0.15) is 0 Å². The molecule has 1 heteroatoms. The molecule has 0 nitrogen and oxygen atoms in total. The van der Waals surface area contributed by atoms with E-state index in [-0.39, 0.29) is 5.41 Å². The SMILES string of the molecule is CC1=CCC(C)(c2ccccc2Cl)C=C1. The van der Waals surface area contributed by atoms with Crippen LogP contribution >= 0.6 is 11.6 Å². The molecule has 1 aliphatic carbocycles. The van der Waals surface area contributed by atoms with Crippen molar-refractivity contribution in [3.8, 4) is 0 Å². The van der Waals surface area contributed by atoms with Crippen LogP contribution in [0.5, 0.6) is 0 Å². The molecular formula is C14H15Cl. The topological polar surface area (TPSA) is 0 Å². The van der Waals surface area contributed by atoms with E-state index in [1.165, 1.54) is 11.1 Å². The average Bonchev–Trinajstić information content (AvgIpc) is 2.23. The lowest BCUT2D eigenvalue weighted by atomic mass is 9.76. The highest BCUT2D eigenvalue weighted by atomic mass is 35.5. The molecule has 15 heavy (non-hydrogen) atoms. The number of halogens is 1. The Hall–Kier alpha value is -1.01. The molecule has 0 fully saturated rings. The molecule has 2 rings (SSSR count). The van der Waals surface area contributed by atoms with Crippen molar-refractivity contribution in [1.82, 2.24) is 0 Å². The smallest absolute Gasteiger partial charge is 0.0446 e. The third-order valence-corrected chi connectivity index (χ3v) is 3.38. The zero-order chi connectivity index (χ0) is 10.9. The standard InChI is InChI=1S/C14H15Cl/c1-11-7-9-14(2,10-8-11)12-5-3-4-6-13(12)15/h3-9H,10H2,1-2H3. The summed E-state index contributed by atoms with van der Waals surface area (Å²) >= 11 is 6.23. The van der Waals surface area contributed by atoms with Gasteiger partial charge in [-0.2, -0.15) is 0 Å². The quantitative estimate of drug-likeness (QED) is 0.651. The summed E-state index contributed by atoms with van der Waals surface area (Å²) in [6, 6.07) is 8.09. The maximum Gasteiger partial charge on any atom is 0.0446 e. The molecule has 1 aliphatic rings. The summed E-state index contributed by atoms with van der Waals surface area (Å²) in [4.78, 5) is 0. The molecule has 1 aromatic rings. The van der Waals surface area contributed by atoms with Gasteiger partial charge in [-0.05, 0) is 25.0 Å². The van der Waals surface area contributed by atoms with Crippen LogP contribution in [0.4, 0.5) is 0 Å². The summed E-state index contributed by atoms with van der Waals surface area (Å²) in [6.45, 7) is 4.36. The summed E-state index contributed by atoms with van der Waals surface area (Å²) in [5, 5.41) is 0.859. The van der Waals surface area contributed by atoms with E-state index < -0.39 is 0 Å². The van der Waals surface area contributed by atoms with Crippen LogP contribution in [-0.4, -0.2) is 0 Å². The maximum absolute atomic E-state index is 6.23. The Morgan fingerprint density at radius 3 is 2.60 bits per heavy atom. The van der Waals surface area contributed by atoms with Gasteiger partial charge in [0.25, 0.3) is 0 Å². The van der Waals surface area contributed by atoms with Crippen molar-refractivity contribution in [3.05, 3.63) is 58.7 Å². The van der Waals surface area contributed by atoms with Crippen molar-refractivity contribution in [3.63, 3.8) is 0 Å². The lowest BCUT2D eigenvalue weighted by molar-refractivity contribution is 0.597. The van der Waals surface area contributed by atoms with Crippen molar-refractivity contribution in [2.45, 2.75) is 25.7 Å². The highest BCUT2D eigenvalue weighted by molar-refractivity contribution is 6.31. The molecule has 0 saturated heterocycles. The van der Waals surface area contributed by atoms with E-state index >= 15 is 0 Å². The number of allylic oxidation sites excluding steroid dienone is 4. The van der Waals surface area contributed by atoms with Crippen molar-refractivity contribution in [2.24, 2.45) is 0 Å². The molecule has 0 aromatic heterocycles. The number of benzene rings is 1. The third-order valence-electron chi connectivity index (χ3n) is 3.05. The van der Waals surface area contributed by atoms with Crippen molar-refractivity contribution >= 4 is 11.6 Å². The minimum Gasteiger partial charge on any atom is -0.0840 e. The zero-order valence-electron chi connectivity index (χ0n) is 9.13. The predicted molar refractivity (Wildman–Crippen MR) is 66.3 cm³/mol. The van der Waals surface area contributed by atoms with Gasteiger partial charge in [0.2, 0.25) is 0 Å².